The molecule has 0 unspecified atom stereocenters. The van der Waals surface area contributed by atoms with Crippen LogP contribution in [-0.4, -0.2) is 16.8 Å². The summed E-state index contributed by atoms with van der Waals surface area (Å²) in [6.45, 7) is 0.358. The Bertz CT molecular complexity index is 721. The van der Waals surface area contributed by atoms with Crippen LogP contribution < -0.4 is 5.73 Å². The van der Waals surface area contributed by atoms with Crippen LogP contribution in [0.3, 0.4) is 0 Å². The molecule has 0 radical (unpaired) electrons. The lowest BCUT2D eigenvalue weighted by molar-refractivity contribution is -0.150. The number of likely N-dealkylation sites (tertiary alicyclic amines) is 1. The smallest absolute Gasteiger partial charge is 0.242 e. The van der Waals surface area contributed by atoms with Gasteiger partial charge < -0.3 is 10.6 Å². The van der Waals surface area contributed by atoms with Crippen LogP contribution in [0.5, 0.6) is 0 Å². The van der Waals surface area contributed by atoms with Gasteiger partial charge in [-0.15, -0.1) is 0 Å². The third-order valence-corrected chi connectivity index (χ3v) is 4.35. The van der Waals surface area contributed by atoms with Crippen molar-refractivity contribution in [2.45, 2.75) is 18.6 Å². The van der Waals surface area contributed by atoms with Gasteiger partial charge in [-0.3, -0.25) is 4.79 Å². The normalized spacial score (nSPS) is 20.9. The lowest BCUT2D eigenvalue weighted by Gasteiger charge is -2.46. The molecule has 22 heavy (non-hydrogen) atoms. The molecule has 3 rings (SSSR count). The maximum atomic E-state index is 13.0. The van der Waals surface area contributed by atoms with Gasteiger partial charge in [-0.05, 0) is 35.4 Å². The van der Waals surface area contributed by atoms with Crippen molar-refractivity contribution in [2.24, 2.45) is 5.73 Å². The van der Waals surface area contributed by atoms with E-state index in [2.05, 4.69) is 0 Å². The van der Waals surface area contributed by atoms with Crippen LogP contribution in [0.1, 0.15) is 17.2 Å². The number of benzene rings is 2. The van der Waals surface area contributed by atoms with E-state index in [1.807, 2.05) is 0 Å². The summed E-state index contributed by atoms with van der Waals surface area (Å²) >= 11 is 12.1. The first-order valence-electron chi connectivity index (χ1n) is 6.73. The summed E-state index contributed by atoms with van der Waals surface area (Å²) < 4.78 is 13.0. The number of hydrogen-bond donors (Lipinski definition) is 1. The molecule has 114 valence electrons. The first kappa shape index (κ1) is 15.3. The van der Waals surface area contributed by atoms with Gasteiger partial charge in [0.1, 0.15) is 11.9 Å². The zero-order valence-electron chi connectivity index (χ0n) is 11.5. The molecule has 6 heteroatoms. The molecular formula is C16H13Cl2FN2O. The standard InChI is InChI=1S/C16H13Cl2FN2O/c17-10-3-6-12(13(18)7-10)15-14(20)16(22)21(15)8-9-1-4-11(19)5-2-9/h1-7,14-15H,8,20H2/t14-,15+/m0/s1. The summed E-state index contributed by atoms with van der Waals surface area (Å²) in [5, 5.41) is 1.00. The molecule has 2 aromatic carbocycles. The fourth-order valence-electron chi connectivity index (χ4n) is 2.64. The van der Waals surface area contributed by atoms with Gasteiger partial charge in [-0.25, -0.2) is 4.39 Å². The van der Waals surface area contributed by atoms with Gasteiger partial charge in [0.05, 0.1) is 6.04 Å². The van der Waals surface area contributed by atoms with E-state index in [1.165, 1.54) is 12.1 Å². The Labute approximate surface area is 137 Å². The molecule has 0 saturated carbocycles. The number of nitrogens with zero attached hydrogens (tertiary/aromatic N) is 1. The molecule has 0 bridgehead atoms. The summed E-state index contributed by atoms with van der Waals surface area (Å²) in [4.78, 5) is 13.7. The second-order valence-electron chi connectivity index (χ2n) is 5.23. The Morgan fingerprint density at radius 2 is 1.82 bits per heavy atom. The van der Waals surface area contributed by atoms with Crippen molar-refractivity contribution in [2.75, 3.05) is 0 Å². The van der Waals surface area contributed by atoms with Crippen LogP contribution >= 0.6 is 23.2 Å². The number of carbonyl (C=O) groups is 1. The number of halogens is 3. The Kier molecular flexibility index (Phi) is 4.08. The van der Waals surface area contributed by atoms with Crippen molar-refractivity contribution in [3.05, 3.63) is 69.5 Å². The lowest BCUT2D eigenvalue weighted by atomic mass is 9.88. The number of rotatable bonds is 3. The van der Waals surface area contributed by atoms with Gasteiger partial charge in [0.25, 0.3) is 0 Å². The lowest BCUT2D eigenvalue weighted by Crippen LogP contribution is -2.62. The molecule has 0 aromatic heterocycles. The van der Waals surface area contributed by atoms with Crippen LogP contribution in [0.15, 0.2) is 42.5 Å². The zero-order valence-corrected chi connectivity index (χ0v) is 13.0. The van der Waals surface area contributed by atoms with Crippen LogP contribution in [0.25, 0.3) is 0 Å². The predicted octanol–water partition coefficient (Wildman–Crippen LogP) is 3.54. The molecule has 0 spiro atoms. The monoisotopic (exact) mass is 338 g/mol. The van der Waals surface area contributed by atoms with Gasteiger partial charge in [-0.2, -0.15) is 0 Å². The molecule has 0 aliphatic carbocycles. The minimum atomic E-state index is -0.626. The number of β-lactam (4-membered cyclic amide) rings is 1. The molecular weight excluding hydrogens is 326 g/mol. The number of carbonyl (C=O) groups excluding carboxylic acids is 1. The van der Waals surface area contributed by atoms with Crippen molar-refractivity contribution < 1.29 is 9.18 Å². The zero-order chi connectivity index (χ0) is 15.9. The fraction of sp³-hybridized carbons (Fsp3) is 0.188. The van der Waals surface area contributed by atoms with Crippen LogP contribution in [-0.2, 0) is 11.3 Å². The minimum absolute atomic E-state index is 0.152. The number of amides is 1. The Morgan fingerprint density at radius 3 is 2.45 bits per heavy atom. The second-order valence-corrected chi connectivity index (χ2v) is 6.07. The second kappa shape index (κ2) is 5.88. The molecule has 3 nitrogen and oxygen atoms in total. The van der Waals surface area contributed by atoms with Gasteiger partial charge in [0.15, 0.2) is 0 Å². The summed E-state index contributed by atoms with van der Waals surface area (Å²) in [5.41, 5.74) is 7.53. The van der Waals surface area contributed by atoms with E-state index in [0.717, 1.165) is 11.1 Å². The highest BCUT2D eigenvalue weighted by Crippen LogP contribution is 2.39. The van der Waals surface area contributed by atoms with E-state index < -0.39 is 6.04 Å². The van der Waals surface area contributed by atoms with E-state index in [1.54, 1.807) is 35.2 Å². The third kappa shape index (κ3) is 2.70. The summed E-state index contributed by atoms with van der Waals surface area (Å²) in [6.07, 6.45) is 0. The summed E-state index contributed by atoms with van der Waals surface area (Å²) in [6, 6.07) is 10.2. The van der Waals surface area contributed by atoms with E-state index in [-0.39, 0.29) is 17.8 Å². The van der Waals surface area contributed by atoms with Gasteiger partial charge in [0.2, 0.25) is 5.91 Å². The maximum Gasteiger partial charge on any atom is 0.242 e. The molecule has 1 amide bonds. The average molecular weight is 339 g/mol. The van der Waals surface area contributed by atoms with E-state index in [9.17, 15) is 9.18 Å². The Morgan fingerprint density at radius 1 is 1.14 bits per heavy atom. The largest absolute Gasteiger partial charge is 0.328 e. The van der Waals surface area contributed by atoms with Gasteiger partial charge in [-0.1, -0.05) is 41.4 Å². The van der Waals surface area contributed by atoms with Crippen LogP contribution in [0, 0.1) is 5.82 Å². The predicted molar refractivity (Wildman–Crippen MR) is 84.1 cm³/mol. The fourth-order valence-corrected chi connectivity index (χ4v) is 3.16. The number of nitrogens with two attached hydrogens (primary N) is 1. The molecule has 1 heterocycles. The van der Waals surface area contributed by atoms with Gasteiger partial charge >= 0.3 is 0 Å². The Hall–Kier alpha value is -1.62. The van der Waals surface area contributed by atoms with Crippen LogP contribution in [0.4, 0.5) is 4.39 Å². The molecule has 1 fully saturated rings. The first-order chi connectivity index (χ1) is 10.5. The molecule has 1 saturated heterocycles. The van der Waals surface area contributed by atoms with Crippen molar-refractivity contribution >= 4 is 29.1 Å². The SMILES string of the molecule is N[C@@H]1C(=O)N(Cc2ccc(F)cc2)[C@@H]1c1ccc(Cl)cc1Cl. The summed E-state index contributed by atoms with van der Waals surface area (Å²) in [7, 11) is 0. The van der Waals surface area contributed by atoms with Crippen molar-refractivity contribution in [3.8, 4) is 0 Å². The van der Waals surface area contributed by atoms with Crippen molar-refractivity contribution in [1.29, 1.82) is 0 Å². The number of hydrogen-bond acceptors (Lipinski definition) is 2. The average Bonchev–Trinajstić information content (AvgIpc) is 2.50. The highest BCUT2D eigenvalue weighted by Gasteiger charge is 2.46. The van der Waals surface area contributed by atoms with Crippen LogP contribution in [0.2, 0.25) is 10.0 Å². The highest BCUT2D eigenvalue weighted by molar-refractivity contribution is 6.35. The summed E-state index contributed by atoms with van der Waals surface area (Å²) in [5.74, 6) is -0.465. The quantitative estimate of drug-likeness (QED) is 0.870. The molecule has 2 atom stereocenters. The van der Waals surface area contributed by atoms with E-state index in [0.29, 0.717) is 16.6 Å². The van der Waals surface area contributed by atoms with Crippen molar-refractivity contribution in [1.82, 2.24) is 4.90 Å². The van der Waals surface area contributed by atoms with Gasteiger partial charge in [0, 0.05) is 16.6 Å². The maximum absolute atomic E-state index is 13.0. The highest BCUT2D eigenvalue weighted by atomic mass is 35.5. The molecule has 2 N–H and O–H groups in total. The third-order valence-electron chi connectivity index (χ3n) is 3.79. The minimum Gasteiger partial charge on any atom is -0.328 e. The molecule has 1 aliphatic heterocycles. The molecule has 1 aliphatic rings. The molecule has 2 aromatic rings. The van der Waals surface area contributed by atoms with Crippen molar-refractivity contribution in [3.63, 3.8) is 0 Å². The Balaban J connectivity index is 1.86. The van der Waals surface area contributed by atoms with E-state index in [4.69, 9.17) is 28.9 Å². The van der Waals surface area contributed by atoms with E-state index >= 15 is 0 Å². The first-order valence-corrected chi connectivity index (χ1v) is 7.48. The topological polar surface area (TPSA) is 46.3 Å².